The number of nitrogens with two attached hydrogens (primary N) is 1. The first-order chi connectivity index (χ1) is 18.8. The van der Waals surface area contributed by atoms with E-state index in [-0.39, 0.29) is 25.7 Å². The van der Waals surface area contributed by atoms with Crippen LogP contribution in [0.25, 0.3) is 10.9 Å². The maximum atomic E-state index is 13.1. The molecule has 0 aliphatic heterocycles. The molecule has 1 heterocycles. The molecule has 9 N–H and O–H groups in total. The summed E-state index contributed by atoms with van der Waals surface area (Å²) in [5.41, 5.74) is 7.14. The molecule has 0 bridgehead atoms. The topological polar surface area (TPSA) is 241 Å². The molecule has 218 valence electrons. The van der Waals surface area contributed by atoms with Gasteiger partial charge in [-0.05, 0) is 30.4 Å². The number of carboxylic acid groups (broad SMARTS) is 3. The van der Waals surface area contributed by atoms with Crippen molar-refractivity contribution in [2.75, 3.05) is 0 Å². The van der Waals surface area contributed by atoms with Gasteiger partial charge in [-0.15, -0.1) is 0 Å². The van der Waals surface area contributed by atoms with Crippen molar-refractivity contribution in [2.45, 2.75) is 70.1 Å². The Morgan fingerprint density at radius 1 is 0.825 bits per heavy atom. The van der Waals surface area contributed by atoms with Gasteiger partial charge in [0, 0.05) is 36.4 Å². The average Bonchev–Trinajstić information content (AvgIpc) is 3.29. The highest BCUT2D eigenvalue weighted by atomic mass is 16.4. The molecule has 0 saturated heterocycles. The zero-order valence-corrected chi connectivity index (χ0v) is 22.2. The molecule has 1 aromatic heterocycles. The lowest BCUT2D eigenvalue weighted by atomic mass is 10.0. The summed E-state index contributed by atoms with van der Waals surface area (Å²) in [4.78, 5) is 75.6. The fourth-order valence-corrected chi connectivity index (χ4v) is 4.00. The summed E-state index contributed by atoms with van der Waals surface area (Å²) in [5.74, 6) is -6.70. The van der Waals surface area contributed by atoms with Gasteiger partial charge in [0.15, 0.2) is 0 Å². The van der Waals surface area contributed by atoms with Crippen LogP contribution in [0.4, 0.5) is 0 Å². The minimum Gasteiger partial charge on any atom is -0.481 e. The van der Waals surface area contributed by atoms with Crippen LogP contribution in [-0.2, 0) is 35.2 Å². The Morgan fingerprint density at radius 2 is 1.43 bits per heavy atom. The van der Waals surface area contributed by atoms with Gasteiger partial charge in [0.25, 0.3) is 0 Å². The lowest BCUT2D eigenvalue weighted by Gasteiger charge is -2.27. The number of carbonyl (C=O) groups is 6. The van der Waals surface area contributed by atoms with E-state index in [9.17, 15) is 33.9 Å². The summed E-state index contributed by atoms with van der Waals surface area (Å²) < 4.78 is 0. The molecule has 14 heteroatoms. The van der Waals surface area contributed by atoms with Crippen molar-refractivity contribution in [1.29, 1.82) is 0 Å². The summed E-state index contributed by atoms with van der Waals surface area (Å²) in [6, 6.07) is 2.01. The molecule has 14 nitrogen and oxygen atoms in total. The Balaban J connectivity index is 2.17. The summed E-state index contributed by atoms with van der Waals surface area (Å²) in [6.45, 7) is 3.22. The second-order valence-electron chi connectivity index (χ2n) is 9.73. The van der Waals surface area contributed by atoms with Crippen LogP contribution in [0.3, 0.4) is 0 Å². The van der Waals surface area contributed by atoms with Crippen molar-refractivity contribution in [2.24, 2.45) is 11.7 Å². The molecule has 3 amide bonds. The van der Waals surface area contributed by atoms with Crippen molar-refractivity contribution < 1.29 is 44.1 Å². The number of nitrogens with one attached hydrogen (secondary N) is 4. The number of hydrogen-bond donors (Lipinski definition) is 8. The van der Waals surface area contributed by atoms with Gasteiger partial charge in [-0.2, -0.15) is 0 Å². The summed E-state index contributed by atoms with van der Waals surface area (Å²) in [7, 11) is 0. The standard InChI is InChI=1S/C26H35N5O9/c1-13(2)22(31-23(36)16(27)7-9-20(32)33)25(38)29-18(8-10-21(34)35)24(37)30-19(26(39)40)11-14-12-28-17-6-4-3-5-15(14)17/h3-6,12-13,16,18-19,22,28H,7-11,27H2,1-2H3,(H,29,38)(H,30,37)(H,31,36)(H,32,33)(H,34,35)(H,39,40). The SMILES string of the molecule is CC(C)C(NC(=O)C(N)CCC(=O)O)C(=O)NC(CCC(=O)O)C(=O)NC(Cc1c[nH]c2ccccc12)C(=O)O. The molecule has 0 aliphatic carbocycles. The quantitative estimate of drug-likeness (QED) is 0.136. The number of H-pyrrole nitrogens is 1. The Morgan fingerprint density at radius 3 is 2.02 bits per heavy atom. The highest BCUT2D eigenvalue weighted by Crippen LogP contribution is 2.19. The number of aromatic nitrogens is 1. The van der Waals surface area contributed by atoms with Gasteiger partial charge >= 0.3 is 17.9 Å². The molecular weight excluding hydrogens is 526 g/mol. The van der Waals surface area contributed by atoms with Crippen LogP contribution in [0.15, 0.2) is 30.5 Å². The monoisotopic (exact) mass is 561 g/mol. The highest BCUT2D eigenvalue weighted by Gasteiger charge is 2.32. The first-order valence-electron chi connectivity index (χ1n) is 12.7. The number of rotatable bonds is 16. The minimum absolute atomic E-state index is 0.0798. The van der Waals surface area contributed by atoms with E-state index in [4.69, 9.17) is 15.9 Å². The molecule has 40 heavy (non-hydrogen) atoms. The van der Waals surface area contributed by atoms with E-state index in [1.54, 1.807) is 32.2 Å². The Labute approximate surface area is 229 Å². The third-order valence-electron chi connectivity index (χ3n) is 6.25. The van der Waals surface area contributed by atoms with Crippen LogP contribution >= 0.6 is 0 Å². The van der Waals surface area contributed by atoms with E-state index < -0.39 is 72.1 Å². The van der Waals surface area contributed by atoms with Crippen LogP contribution in [0, 0.1) is 5.92 Å². The lowest BCUT2D eigenvalue weighted by Crippen LogP contribution is -2.58. The largest absolute Gasteiger partial charge is 0.481 e. The van der Waals surface area contributed by atoms with E-state index in [1.807, 2.05) is 12.1 Å². The maximum Gasteiger partial charge on any atom is 0.326 e. The molecule has 0 fully saturated rings. The van der Waals surface area contributed by atoms with Gasteiger partial charge < -0.3 is 42.0 Å². The van der Waals surface area contributed by atoms with Crippen LogP contribution in [0.5, 0.6) is 0 Å². The summed E-state index contributed by atoms with van der Waals surface area (Å²) in [6.07, 6.45) is 0.190. The van der Waals surface area contributed by atoms with Crippen LogP contribution in [0.2, 0.25) is 0 Å². The van der Waals surface area contributed by atoms with Crippen LogP contribution in [-0.4, -0.2) is 80.1 Å². The Hall–Kier alpha value is -4.46. The van der Waals surface area contributed by atoms with Crippen molar-refractivity contribution in [1.82, 2.24) is 20.9 Å². The number of hydrogen-bond acceptors (Lipinski definition) is 7. The average molecular weight is 562 g/mol. The zero-order valence-electron chi connectivity index (χ0n) is 22.2. The van der Waals surface area contributed by atoms with Gasteiger partial charge in [0.1, 0.15) is 18.1 Å². The zero-order chi connectivity index (χ0) is 30.0. The molecule has 0 radical (unpaired) electrons. The smallest absolute Gasteiger partial charge is 0.326 e. The number of para-hydroxylation sites is 1. The second-order valence-corrected chi connectivity index (χ2v) is 9.73. The molecule has 4 unspecified atom stereocenters. The highest BCUT2D eigenvalue weighted by molar-refractivity contribution is 5.94. The molecule has 4 atom stereocenters. The first-order valence-corrected chi connectivity index (χ1v) is 12.7. The van der Waals surface area contributed by atoms with E-state index in [2.05, 4.69) is 20.9 Å². The van der Waals surface area contributed by atoms with Gasteiger partial charge in [0.2, 0.25) is 17.7 Å². The summed E-state index contributed by atoms with van der Waals surface area (Å²) >= 11 is 0. The van der Waals surface area contributed by atoms with E-state index in [0.717, 1.165) is 10.9 Å². The third-order valence-corrected chi connectivity index (χ3v) is 6.25. The number of carbonyl (C=O) groups excluding carboxylic acids is 3. The lowest BCUT2D eigenvalue weighted by molar-refractivity contribution is -0.143. The van der Waals surface area contributed by atoms with E-state index >= 15 is 0 Å². The Bertz CT molecular complexity index is 1240. The number of benzene rings is 1. The first kappa shape index (κ1) is 31.8. The number of aromatic amines is 1. The fraction of sp³-hybridized carbons (Fsp3) is 0.462. The van der Waals surface area contributed by atoms with Crippen molar-refractivity contribution >= 4 is 46.5 Å². The molecule has 1 aromatic carbocycles. The van der Waals surface area contributed by atoms with E-state index in [0.29, 0.717) is 5.56 Å². The minimum atomic E-state index is -1.42. The molecular formula is C26H35N5O9. The second kappa shape index (κ2) is 14.6. The molecule has 0 spiro atoms. The summed E-state index contributed by atoms with van der Waals surface area (Å²) in [5, 5.41) is 35.7. The normalized spacial score (nSPS) is 14.1. The van der Waals surface area contributed by atoms with Crippen LogP contribution < -0.4 is 21.7 Å². The van der Waals surface area contributed by atoms with Gasteiger partial charge in [0.05, 0.1) is 6.04 Å². The number of amides is 3. The van der Waals surface area contributed by atoms with Crippen molar-refractivity contribution in [3.05, 3.63) is 36.0 Å². The van der Waals surface area contributed by atoms with Crippen molar-refractivity contribution in [3.8, 4) is 0 Å². The molecule has 2 aromatic rings. The number of aliphatic carboxylic acids is 3. The molecule has 2 rings (SSSR count). The van der Waals surface area contributed by atoms with Gasteiger partial charge in [-0.3, -0.25) is 24.0 Å². The maximum absolute atomic E-state index is 13.1. The van der Waals surface area contributed by atoms with Crippen LogP contribution in [0.1, 0.15) is 45.1 Å². The Kier molecular flexibility index (Phi) is 11.6. The van der Waals surface area contributed by atoms with E-state index in [1.165, 1.54) is 0 Å². The predicted octanol–water partition coefficient (Wildman–Crippen LogP) is -0.0377. The van der Waals surface area contributed by atoms with Gasteiger partial charge in [-0.1, -0.05) is 32.0 Å². The molecule has 0 saturated carbocycles. The fourth-order valence-electron chi connectivity index (χ4n) is 4.00. The number of fused-ring (bicyclic) bond motifs is 1. The molecule has 0 aliphatic rings. The van der Waals surface area contributed by atoms with Crippen molar-refractivity contribution in [3.63, 3.8) is 0 Å². The number of carboxylic acids is 3. The van der Waals surface area contributed by atoms with Gasteiger partial charge in [-0.25, -0.2) is 4.79 Å². The third kappa shape index (κ3) is 9.38. The predicted molar refractivity (Wildman–Crippen MR) is 142 cm³/mol.